The summed E-state index contributed by atoms with van der Waals surface area (Å²) in [5, 5.41) is 14.1. The molecule has 8 heteroatoms. The first kappa shape index (κ1) is 16.2. The van der Waals surface area contributed by atoms with Gasteiger partial charge in [0.2, 0.25) is 0 Å². The fourth-order valence-corrected chi connectivity index (χ4v) is 2.98. The Morgan fingerprint density at radius 3 is 2.62 bits per heavy atom. The van der Waals surface area contributed by atoms with Crippen LogP contribution in [-0.2, 0) is 0 Å². The summed E-state index contributed by atoms with van der Waals surface area (Å²) < 4.78 is 1.10. The van der Waals surface area contributed by atoms with Crippen molar-refractivity contribution < 1.29 is 9.72 Å². The molecule has 0 atom stereocenters. The van der Waals surface area contributed by atoms with Gasteiger partial charge in [0.1, 0.15) is 0 Å². The van der Waals surface area contributed by atoms with Crippen LogP contribution in [-0.4, -0.2) is 10.8 Å². The van der Waals surface area contributed by atoms with Gasteiger partial charge < -0.3 is 5.32 Å². The van der Waals surface area contributed by atoms with Crippen LogP contribution < -0.4 is 5.32 Å². The number of nitro groups is 1. The van der Waals surface area contributed by atoms with E-state index in [-0.39, 0.29) is 11.3 Å². The maximum atomic E-state index is 12.2. The number of hydrogen-bond acceptors (Lipinski definition) is 3. The van der Waals surface area contributed by atoms with Gasteiger partial charge >= 0.3 is 0 Å². The number of nitrogens with zero attached hydrogens (tertiary/aromatic N) is 1. The quantitative estimate of drug-likeness (QED) is 0.386. The lowest BCUT2D eigenvalue weighted by Crippen LogP contribution is -2.13. The van der Waals surface area contributed by atoms with Gasteiger partial charge in [-0.25, -0.2) is 0 Å². The molecule has 0 aliphatic carbocycles. The largest absolute Gasteiger partial charge is 0.321 e. The summed E-state index contributed by atoms with van der Waals surface area (Å²) in [5.74, 6) is -0.425. The molecule has 2 aromatic rings. The van der Waals surface area contributed by atoms with Crippen LogP contribution in [0.3, 0.4) is 0 Å². The molecule has 0 unspecified atom stereocenters. The average molecular weight is 481 g/mol. The number of halogens is 3. The Kier molecular flexibility index (Phi) is 5.17. The molecule has 0 bridgehead atoms. The molecule has 2 aromatic carbocycles. The Balaban J connectivity index is 2.28. The highest BCUT2D eigenvalue weighted by atomic mass is 127. The highest BCUT2D eigenvalue weighted by Crippen LogP contribution is 2.27. The maximum Gasteiger partial charge on any atom is 0.284 e. The molecule has 0 heterocycles. The van der Waals surface area contributed by atoms with E-state index in [1.165, 1.54) is 18.2 Å². The highest BCUT2D eigenvalue weighted by Gasteiger charge is 2.16. The summed E-state index contributed by atoms with van der Waals surface area (Å²) in [5.41, 5.74) is 0.639. The molecule has 0 spiro atoms. The molecular weight excluding hydrogens is 474 g/mol. The van der Waals surface area contributed by atoms with Gasteiger partial charge in [-0.2, -0.15) is 0 Å². The highest BCUT2D eigenvalue weighted by molar-refractivity contribution is 14.1. The Morgan fingerprint density at radius 1 is 1.29 bits per heavy atom. The zero-order chi connectivity index (χ0) is 15.6. The molecule has 2 rings (SSSR count). The van der Waals surface area contributed by atoms with Crippen LogP contribution in [0.5, 0.6) is 0 Å². The summed E-state index contributed by atoms with van der Waals surface area (Å²) >= 11 is 11.0. The predicted molar refractivity (Wildman–Crippen MR) is 92.9 cm³/mol. The molecule has 0 fully saturated rings. The van der Waals surface area contributed by atoms with Crippen LogP contribution >= 0.6 is 50.1 Å². The second kappa shape index (κ2) is 6.71. The van der Waals surface area contributed by atoms with E-state index in [1.807, 2.05) is 22.6 Å². The zero-order valence-electron chi connectivity index (χ0n) is 10.3. The number of benzene rings is 2. The second-order valence-electron chi connectivity index (χ2n) is 4.00. The fourth-order valence-electron chi connectivity index (χ4n) is 1.58. The molecular formula is C13H7BrClIN2O3. The lowest BCUT2D eigenvalue weighted by Gasteiger charge is -2.08. The lowest BCUT2D eigenvalue weighted by atomic mass is 10.2. The normalized spacial score (nSPS) is 10.2. The Morgan fingerprint density at radius 2 is 2.00 bits per heavy atom. The van der Waals surface area contributed by atoms with Crippen LogP contribution in [0.25, 0.3) is 0 Å². The van der Waals surface area contributed by atoms with Crippen molar-refractivity contribution in [1.82, 2.24) is 0 Å². The SMILES string of the molecule is O=C(Nc1ccc(Cl)cc1I)c1ccc(Br)c([N+](=O)[O-])c1. The van der Waals surface area contributed by atoms with Gasteiger partial charge in [0, 0.05) is 20.2 Å². The van der Waals surface area contributed by atoms with E-state index in [0.29, 0.717) is 15.2 Å². The third-order valence-corrected chi connectivity index (χ3v) is 4.38. The molecule has 21 heavy (non-hydrogen) atoms. The number of anilines is 1. The van der Waals surface area contributed by atoms with Gasteiger partial charge in [-0.15, -0.1) is 0 Å². The van der Waals surface area contributed by atoms with Crippen LogP contribution in [0.15, 0.2) is 40.9 Å². The summed E-state index contributed by atoms with van der Waals surface area (Å²) in [6, 6.07) is 9.25. The maximum absolute atomic E-state index is 12.2. The first-order chi connectivity index (χ1) is 9.88. The van der Waals surface area contributed by atoms with Crippen LogP contribution in [0.2, 0.25) is 5.02 Å². The van der Waals surface area contributed by atoms with E-state index < -0.39 is 10.8 Å². The van der Waals surface area contributed by atoms with Crippen molar-refractivity contribution in [1.29, 1.82) is 0 Å². The van der Waals surface area contributed by atoms with Gasteiger partial charge in [-0.3, -0.25) is 14.9 Å². The Hall–Kier alpha value is -1.19. The molecule has 0 radical (unpaired) electrons. The topological polar surface area (TPSA) is 72.2 Å². The van der Waals surface area contributed by atoms with Crippen molar-refractivity contribution in [3.05, 3.63) is 65.1 Å². The van der Waals surface area contributed by atoms with Crippen molar-refractivity contribution in [2.45, 2.75) is 0 Å². The molecule has 0 saturated carbocycles. The Labute approximate surface area is 147 Å². The summed E-state index contributed by atoms with van der Waals surface area (Å²) in [7, 11) is 0. The summed E-state index contributed by atoms with van der Waals surface area (Å²) in [4.78, 5) is 22.5. The van der Waals surface area contributed by atoms with Crippen molar-refractivity contribution in [3.63, 3.8) is 0 Å². The third kappa shape index (κ3) is 3.92. The molecule has 0 aliphatic heterocycles. The first-order valence-electron chi connectivity index (χ1n) is 5.59. The minimum absolute atomic E-state index is 0.159. The van der Waals surface area contributed by atoms with E-state index in [1.54, 1.807) is 18.2 Å². The van der Waals surface area contributed by atoms with E-state index in [0.717, 1.165) is 3.57 Å². The van der Waals surface area contributed by atoms with Gasteiger partial charge in [0.05, 0.1) is 15.1 Å². The number of amides is 1. The van der Waals surface area contributed by atoms with Crippen LogP contribution in [0.1, 0.15) is 10.4 Å². The summed E-state index contributed by atoms with van der Waals surface area (Å²) in [6.45, 7) is 0. The standard InChI is InChI=1S/C13H7BrClIN2O3/c14-9-3-1-7(5-12(9)18(20)21)13(19)17-11-4-2-8(15)6-10(11)16/h1-6H,(H,17,19). The molecule has 0 aromatic heterocycles. The molecule has 0 aliphatic rings. The van der Waals surface area contributed by atoms with E-state index >= 15 is 0 Å². The van der Waals surface area contributed by atoms with E-state index in [9.17, 15) is 14.9 Å². The summed E-state index contributed by atoms with van der Waals surface area (Å²) in [6.07, 6.45) is 0. The van der Waals surface area contributed by atoms with Crippen molar-refractivity contribution in [2.24, 2.45) is 0 Å². The number of nitro benzene ring substituents is 1. The molecule has 1 N–H and O–H groups in total. The van der Waals surface area contributed by atoms with Gasteiger partial charge in [0.15, 0.2) is 0 Å². The monoisotopic (exact) mass is 480 g/mol. The number of carbonyl (C=O) groups is 1. The molecule has 5 nitrogen and oxygen atoms in total. The van der Waals surface area contributed by atoms with E-state index in [4.69, 9.17) is 11.6 Å². The van der Waals surface area contributed by atoms with Gasteiger partial charge in [-0.05, 0) is 68.9 Å². The van der Waals surface area contributed by atoms with Crippen LogP contribution in [0, 0.1) is 13.7 Å². The van der Waals surface area contributed by atoms with Crippen molar-refractivity contribution >= 4 is 67.4 Å². The van der Waals surface area contributed by atoms with Crippen LogP contribution in [0.4, 0.5) is 11.4 Å². The van der Waals surface area contributed by atoms with Gasteiger partial charge in [-0.1, -0.05) is 11.6 Å². The lowest BCUT2D eigenvalue weighted by molar-refractivity contribution is -0.385. The minimum Gasteiger partial charge on any atom is -0.321 e. The Bertz CT molecular complexity index is 739. The number of rotatable bonds is 3. The van der Waals surface area contributed by atoms with Gasteiger partial charge in [0.25, 0.3) is 11.6 Å². The number of nitrogens with one attached hydrogen (secondary N) is 1. The number of carbonyl (C=O) groups excluding carboxylic acids is 1. The molecule has 108 valence electrons. The zero-order valence-corrected chi connectivity index (χ0v) is 14.8. The number of hydrogen-bond donors (Lipinski definition) is 1. The third-order valence-electron chi connectivity index (χ3n) is 2.58. The fraction of sp³-hybridized carbons (Fsp3) is 0. The smallest absolute Gasteiger partial charge is 0.284 e. The van der Waals surface area contributed by atoms with Crippen molar-refractivity contribution in [2.75, 3.05) is 5.32 Å². The predicted octanol–water partition coefficient (Wildman–Crippen LogP) is 4.87. The molecule has 0 saturated heterocycles. The second-order valence-corrected chi connectivity index (χ2v) is 6.45. The minimum atomic E-state index is -0.549. The average Bonchev–Trinajstić information content (AvgIpc) is 2.42. The van der Waals surface area contributed by atoms with E-state index in [2.05, 4.69) is 21.2 Å². The molecule has 1 amide bonds. The first-order valence-corrected chi connectivity index (χ1v) is 7.84. The van der Waals surface area contributed by atoms with Crippen molar-refractivity contribution in [3.8, 4) is 0 Å².